The predicted molar refractivity (Wildman–Crippen MR) is 127 cm³/mol. The van der Waals surface area contributed by atoms with Crippen molar-refractivity contribution in [2.75, 3.05) is 0 Å². The number of hydrogen-bond donors (Lipinski definition) is 1. The minimum Gasteiger partial charge on any atom is -0.292 e. The van der Waals surface area contributed by atoms with Crippen molar-refractivity contribution in [1.29, 1.82) is 0 Å². The molecule has 1 unspecified atom stereocenters. The molecule has 33 heavy (non-hydrogen) atoms. The lowest BCUT2D eigenvalue weighted by atomic mass is 9.98. The van der Waals surface area contributed by atoms with Crippen molar-refractivity contribution in [3.05, 3.63) is 76.0 Å². The summed E-state index contributed by atoms with van der Waals surface area (Å²) in [4.78, 5) is 13.2. The number of H-pyrrole nitrogens is 1. The lowest BCUT2D eigenvalue weighted by Gasteiger charge is -2.12. The molecule has 2 heterocycles. The van der Waals surface area contributed by atoms with E-state index in [1.165, 1.54) is 0 Å². The van der Waals surface area contributed by atoms with Crippen molar-refractivity contribution in [2.45, 2.75) is 59.3 Å². The highest BCUT2D eigenvalue weighted by Gasteiger charge is 2.22. The molecule has 1 N–H and O–H groups in total. The molecule has 2 aromatic carbocycles. The summed E-state index contributed by atoms with van der Waals surface area (Å²) in [7, 11) is 0. The first-order valence-corrected chi connectivity index (χ1v) is 11.4. The fourth-order valence-corrected chi connectivity index (χ4v) is 4.29. The zero-order chi connectivity index (χ0) is 23.4. The van der Waals surface area contributed by atoms with Gasteiger partial charge in [-0.25, -0.2) is 9.18 Å². The van der Waals surface area contributed by atoms with Crippen LogP contribution in [0.15, 0.2) is 53.3 Å². The molecule has 0 saturated carbocycles. The van der Waals surface area contributed by atoms with E-state index in [-0.39, 0.29) is 11.7 Å². The first-order chi connectivity index (χ1) is 16.1. The van der Waals surface area contributed by atoms with Gasteiger partial charge in [0.2, 0.25) is 5.82 Å². The number of nitrogens with one attached hydrogen (secondary N) is 1. The van der Waals surface area contributed by atoms with E-state index in [4.69, 9.17) is 0 Å². The molecule has 1 atom stereocenters. The fourth-order valence-electron chi connectivity index (χ4n) is 4.29. The van der Waals surface area contributed by atoms with E-state index in [1.54, 1.807) is 9.13 Å². The Hall–Kier alpha value is -3.55. The van der Waals surface area contributed by atoms with Gasteiger partial charge in [0.25, 0.3) is 0 Å². The number of tetrazole rings is 1. The Morgan fingerprint density at radius 3 is 2.36 bits per heavy atom. The molecule has 0 aliphatic rings. The first-order valence-electron chi connectivity index (χ1n) is 11.4. The number of benzene rings is 2. The SMILES string of the molecule is CCCc1c(CF)n(C(C)CC)c(=O)n1Cc1ccc(-c2ccccc2-c2nn[nH]n2)cc1. The second kappa shape index (κ2) is 9.94. The highest BCUT2D eigenvalue weighted by atomic mass is 19.1. The van der Waals surface area contributed by atoms with E-state index in [9.17, 15) is 9.18 Å². The summed E-state index contributed by atoms with van der Waals surface area (Å²) >= 11 is 0. The smallest absolute Gasteiger partial charge is 0.292 e. The number of hydrogen-bond acceptors (Lipinski definition) is 4. The monoisotopic (exact) mass is 448 g/mol. The quantitative estimate of drug-likeness (QED) is 0.393. The molecule has 0 bridgehead atoms. The highest BCUT2D eigenvalue weighted by Crippen LogP contribution is 2.30. The molecule has 4 rings (SSSR count). The molecule has 0 fully saturated rings. The number of aromatic nitrogens is 6. The topological polar surface area (TPSA) is 81.4 Å². The van der Waals surface area contributed by atoms with Crippen LogP contribution in [-0.2, 0) is 19.6 Å². The molecular formula is C25H29FN6O. The number of rotatable bonds is 9. The van der Waals surface area contributed by atoms with E-state index in [2.05, 4.69) is 20.6 Å². The largest absolute Gasteiger partial charge is 0.329 e. The molecule has 0 amide bonds. The van der Waals surface area contributed by atoms with Crippen molar-refractivity contribution in [1.82, 2.24) is 29.8 Å². The van der Waals surface area contributed by atoms with E-state index in [0.717, 1.165) is 40.8 Å². The standard InChI is InChI=1S/C25H29FN6O/c1-4-8-22-23(15-26)32(17(3)5-2)25(33)31(22)16-18-11-13-19(14-12-18)20-9-6-7-10-21(20)24-27-29-30-28-24/h6-7,9-14,17H,4-5,8,15-16H2,1-3H3,(H,27,28,29,30). The summed E-state index contributed by atoms with van der Waals surface area (Å²) in [5, 5.41) is 14.4. The van der Waals surface area contributed by atoms with Gasteiger partial charge < -0.3 is 0 Å². The maximum atomic E-state index is 14.0. The molecule has 2 aromatic heterocycles. The zero-order valence-electron chi connectivity index (χ0n) is 19.3. The molecule has 0 saturated heterocycles. The molecule has 0 spiro atoms. The number of alkyl halides is 1. The molecule has 7 nitrogen and oxygen atoms in total. The van der Waals surface area contributed by atoms with E-state index >= 15 is 0 Å². The zero-order valence-corrected chi connectivity index (χ0v) is 19.3. The van der Waals surface area contributed by atoms with E-state index in [0.29, 0.717) is 24.5 Å². The van der Waals surface area contributed by atoms with Crippen molar-refractivity contribution < 1.29 is 4.39 Å². The van der Waals surface area contributed by atoms with Gasteiger partial charge in [-0.05, 0) is 41.7 Å². The second-order valence-electron chi connectivity index (χ2n) is 8.25. The predicted octanol–water partition coefficient (Wildman–Crippen LogP) is 4.94. The van der Waals surface area contributed by atoms with Crippen LogP contribution in [0.4, 0.5) is 4.39 Å². The van der Waals surface area contributed by atoms with Crippen LogP contribution in [0.3, 0.4) is 0 Å². The third-order valence-corrected chi connectivity index (χ3v) is 6.15. The molecule has 0 aliphatic carbocycles. The van der Waals surface area contributed by atoms with Gasteiger partial charge in [-0.15, -0.1) is 10.2 Å². The van der Waals surface area contributed by atoms with Gasteiger partial charge in [-0.3, -0.25) is 9.13 Å². The summed E-state index contributed by atoms with van der Waals surface area (Å²) in [6, 6.07) is 15.9. The Kier molecular flexibility index (Phi) is 6.82. The lowest BCUT2D eigenvalue weighted by Crippen LogP contribution is -2.28. The number of nitrogens with zero attached hydrogens (tertiary/aromatic N) is 5. The third-order valence-electron chi connectivity index (χ3n) is 6.15. The second-order valence-corrected chi connectivity index (χ2v) is 8.25. The minimum atomic E-state index is -0.631. The maximum absolute atomic E-state index is 14.0. The minimum absolute atomic E-state index is 0.0378. The fraction of sp³-hybridized carbons (Fsp3) is 0.360. The summed E-state index contributed by atoms with van der Waals surface area (Å²) in [5.74, 6) is 0.538. The normalized spacial score (nSPS) is 12.2. The number of aromatic amines is 1. The maximum Gasteiger partial charge on any atom is 0.329 e. The van der Waals surface area contributed by atoms with Crippen LogP contribution in [0.1, 0.15) is 56.6 Å². The van der Waals surface area contributed by atoms with Gasteiger partial charge in [-0.2, -0.15) is 5.21 Å². The summed E-state index contributed by atoms with van der Waals surface area (Å²) in [6.45, 7) is 5.82. The first kappa shape index (κ1) is 22.6. The van der Waals surface area contributed by atoms with Crippen molar-refractivity contribution in [2.24, 2.45) is 0 Å². The van der Waals surface area contributed by atoms with Crippen LogP contribution in [0.2, 0.25) is 0 Å². The molecule has 0 radical (unpaired) electrons. The van der Waals surface area contributed by atoms with Crippen LogP contribution in [-0.4, -0.2) is 29.8 Å². The Labute approximate surface area is 192 Å². The van der Waals surface area contributed by atoms with E-state index < -0.39 is 6.67 Å². The van der Waals surface area contributed by atoms with Gasteiger partial charge in [0.15, 0.2) is 0 Å². The summed E-state index contributed by atoms with van der Waals surface area (Å²) in [6.07, 6.45) is 2.30. The molecule has 0 aliphatic heterocycles. The van der Waals surface area contributed by atoms with Crippen LogP contribution >= 0.6 is 0 Å². The highest BCUT2D eigenvalue weighted by molar-refractivity contribution is 5.80. The van der Waals surface area contributed by atoms with Gasteiger partial charge in [0.1, 0.15) is 6.67 Å². The van der Waals surface area contributed by atoms with Crippen LogP contribution < -0.4 is 5.69 Å². The summed E-state index contributed by atoms with van der Waals surface area (Å²) < 4.78 is 17.4. The average molecular weight is 449 g/mol. The average Bonchev–Trinajstić information content (AvgIpc) is 3.47. The third kappa shape index (κ3) is 4.37. The van der Waals surface area contributed by atoms with Gasteiger partial charge in [-0.1, -0.05) is 68.8 Å². The summed E-state index contributed by atoms with van der Waals surface area (Å²) in [5.41, 5.74) is 5.07. The van der Waals surface area contributed by atoms with Gasteiger partial charge in [0.05, 0.1) is 12.2 Å². The van der Waals surface area contributed by atoms with Crippen LogP contribution in [0, 0.1) is 0 Å². The van der Waals surface area contributed by atoms with E-state index in [1.807, 2.05) is 69.3 Å². The van der Waals surface area contributed by atoms with Crippen molar-refractivity contribution in [3.63, 3.8) is 0 Å². The Balaban J connectivity index is 1.69. The Morgan fingerprint density at radius 1 is 1.03 bits per heavy atom. The van der Waals surface area contributed by atoms with Crippen molar-refractivity contribution in [3.8, 4) is 22.5 Å². The Morgan fingerprint density at radius 2 is 1.76 bits per heavy atom. The van der Waals surface area contributed by atoms with Crippen molar-refractivity contribution >= 4 is 0 Å². The van der Waals surface area contributed by atoms with Crippen LogP contribution in [0.25, 0.3) is 22.5 Å². The van der Waals surface area contributed by atoms with Gasteiger partial charge >= 0.3 is 5.69 Å². The molecular weight excluding hydrogens is 419 g/mol. The number of imidazole rings is 1. The molecule has 172 valence electrons. The van der Waals surface area contributed by atoms with Gasteiger partial charge in [0, 0.05) is 17.3 Å². The molecule has 8 heteroatoms. The lowest BCUT2D eigenvalue weighted by molar-refractivity contribution is 0.421. The molecule has 4 aromatic rings. The number of halogens is 1. The van der Waals surface area contributed by atoms with Crippen LogP contribution in [0.5, 0.6) is 0 Å². The Bertz CT molecular complexity index is 1260.